The van der Waals surface area contributed by atoms with E-state index >= 15 is 0 Å². The highest BCUT2D eigenvalue weighted by atomic mass is 35.5. The number of carbonyl (C=O) groups is 1. The van der Waals surface area contributed by atoms with Crippen LogP contribution in [0.1, 0.15) is 16.1 Å². The van der Waals surface area contributed by atoms with E-state index in [1.54, 1.807) is 18.2 Å². The van der Waals surface area contributed by atoms with Crippen molar-refractivity contribution in [1.29, 1.82) is 0 Å². The number of benzene rings is 3. The molecule has 24 heavy (non-hydrogen) atoms. The van der Waals surface area contributed by atoms with Gasteiger partial charge in [0.15, 0.2) is 5.76 Å². The molecule has 0 aliphatic carbocycles. The molecule has 3 nitrogen and oxygen atoms in total. The van der Waals surface area contributed by atoms with Gasteiger partial charge in [-0.3, -0.25) is 4.79 Å². The average molecular weight is 336 g/mol. The van der Waals surface area contributed by atoms with Gasteiger partial charge in [-0.15, -0.1) is 0 Å². The summed E-state index contributed by atoms with van der Waals surface area (Å²) in [5, 5.41) is 6.70. The Morgan fingerprint density at radius 2 is 1.75 bits per heavy atom. The minimum atomic E-state index is -0.231. The normalized spacial score (nSPS) is 11.0. The molecule has 0 unspecified atom stereocenters. The van der Waals surface area contributed by atoms with Gasteiger partial charge in [0.1, 0.15) is 5.58 Å². The number of halogens is 1. The molecule has 0 bridgehead atoms. The fourth-order valence-corrected chi connectivity index (χ4v) is 2.90. The van der Waals surface area contributed by atoms with Crippen molar-refractivity contribution in [1.82, 2.24) is 5.32 Å². The fraction of sp³-hybridized carbons (Fsp3) is 0.0500. The lowest BCUT2D eigenvalue weighted by molar-refractivity contribution is 0.0925. The summed E-state index contributed by atoms with van der Waals surface area (Å²) in [5.41, 5.74) is 1.69. The molecule has 0 aliphatic heterocycles. The molecular weight excluding hydrogens is 322 g/mol. The molecule has 1 amide bonds. The second-order valence-corrected chi connectivity index (χ2v) is 6.05. The SMILES string of the molecule is O=C(NCc1ccc(Cl)cc1)c1cc2c(ccc3ccccc32)o1. The van der Waals surface area contributed by atoms with Crippen molar-refractivity contribution in [3.8, 4) is 0 Å². The van der Waals surface area contributed by atoms with Crippen LogP contribution in [0.15, 0.2) is 71.1 Å². The number of carbonyl (C=O) groups excluding carboxylic acids is 1. The lowest BCUT2D eigenvalue weighted by Gasteiger charge is -2.03. The summed E-state index contributed by atoms with van der Waals surface area (Å²) >= 11 is 5.86. The van der Waals surface area contributed by atoms with E-state index in [0.717, 1.165) is 21.7 Å². The zero-order valence-electron chi connectivity index (χ0n) is 12.8. The molecule has 0 saturated carbocycles. The number of nitrogens with one attached hydrogen (secondary N) is 1. The van der Waals surface area contributed by atoms with Crippen LogP contribution in [0.4, 0.5) is 0 Å². The van der Waals surface area contributed by atoms with Gasteiger partial charge in [0.25, 0.3) is 5.91 Å². The molecular formula is C20H14ClNO2. The highest BCUT2D eigenvalue weighted by Gasteiger charge is 2.13. The lowest BCUT2D eigenvalue weighted by atomic mass is 10.1. The first kappa shape index (κ1) is 14.8. The quantitative estimate of drug-likeness (QED) is 0.561. The van der Waals surface area contributed by atoms with Crippen molar-refractivity contribution in [2.45, 2.75) is 6.54 Å². The van der Waals surface area contributed by atoms with Gasteiger partial charge in [-0.2, -0.15) is 0 Å². The van der Waals surface area contributed by atoms with Crippen molar-refractivity contribution in [2.24, 2.45) is 0 Å². The van der Waals surface area contributed by atoms with E-state index in [2.05, 4.69) is 5.32 Å². The van der Waals surface area contributed by atoms with E-state index in [1.165, 1.54) is 0 Å². The Balaban J connectivity index is 1.60. The number of rotatable bonds is 3. The zero-order chi connectivity index (χ0) is 16.5. The first-order valence-electron chi connectivity index (χ1n) is 7.65. The van der Waals surface area contributed by atoms with Crippen LogP contribution in [0.25, 0.3) is 21.7 Å². The van der Waals surface area contributed by atoms with Crippen LogP contribution < -0.4 is 5.32 Å². The van der Waals surface area contributed by atoms with Crippen LogP contribution in [0.2, 0.25) is 5.02 Å². The number of hydrogen-bond acceptors (Lipinski definition) is 2. The highest BCUT2D eigenvalue weighted by molar-refractivity contribution is 6.30. The largest absolute Gasteiger partial charge is 0.451 e. The standard InChI is InChI=1S/C20H14ClNO2/c21-15-8-5-13(6-9-15)12-22-20(23)19-11-17-16-4-2-1-3-14(16)7-10-18(17)24-19/h1-11H,12H2,(H,22,23). The van der Waals surface area contributed by atoms with Crippen molar-refractivity contribution in [3.63, 3.8) is 0 Å². The third kappa shape index (κ3) is 2.74. The summed E-state index contributed by atoms with van der Waals surface area (Å²) < 4.78 is 5.71. The van der Waals surface area contributed by atoms with Gasteiger partial charge in [-0.1, -0.05) is 54.1 Å². The minimum absolute atomic E-state index is 0.231. The Morgan fingerprint density at radius 3 is 2.58 bits per heavy atom. The van der Waals surface area contributed by atoms with Gasteiger partial charge in [0.2, 0.25) is 0 Å². The summed E-state index contributed by atoms with van der Waals surface area (Å²) in [5.74, 6) is 0.0838. The molecule has 0 saturated heterocycles. The predicted octanol–water partition coefficient (Wildman–Crippen LogP) is 5.17. The Labute approximate surface area is 143 Å². The van der Waals surface area contributed by atoms with E-state index in [-0.39, 0.29) is 5.91 Å². The number of amides is 1. The van der Waals surface area contributed by atoms with E-state index in [9.17, 15) is 4.79 Å². The molecule has 3 aromatic carbocycles. The van der Waals surface area contributed by atoms with Gasteiger partial charge in [-0.05, 0) is 40.6 Å². The van der Waals surface area contributed by atoms with Crippen LogP contribution in [0, 0.1) is 0 Å². The lowest BCUT2D eigenvalue weighted by Crippen LogP contribution is -2.22. The molecule has 4 heteroatoms. The van der Waals surface area contributed by atoms with Gasteiger partial charge >= 0.3 is 0 Å². The second-order valence-electron chi connectivity index (χ2n) is 5.62. The molecule has 118 valence electrons. The summed E-state index contributed by atoms with van der Waals surface area (Å²) in [6.45, 7) is 0.424. The van der Waals surface area contributed by atoms with Crippen LogP contribution >= 0.6 is 11.6 Å². The molecule has 1 heterocycles. The first-order valence-corrected chi connectivity index (χ1v) is 8.02. The molecule has 0 atom stereocenters. The van der Waals surface area contributed by atoms with Gasteiger partial charge in [0.05, 0.1) is 0 Å². The smallest absolute Gasteiger partial charge is 0.287 e. The molecule has 4 aromatic rings. The van der Waals surface area contributed by atoms with Crippen LogP contribution in [0.3, 0.4) is 0 Å². The second kappa shape index (κ2) is 6.02. The fourth-order valence-electron chi connectivity index (χ4n) is 2.78. The monoisotopic (exact) mass is 335 g/mol. The minimum Gasteiger partial charge on any atom is -0.451 e. The van der Waals surface area contributed by atoms with E-state index in [0.29, 0.717) is 22.9 Å². The molecule has 4 rings (SSSR count). The molecule has 1 aromatic heterocycles. The van der Waals surface area contributed by atoms with Crippen molar-refractivity contribution in [2.75, 3.05) is 0 Å². The zero-order valence-corrected chi connectivity index (χ0v) is 13.5. The number of fused-ring (bicyclic) bond motifs is 3. The summed E-state index contributed by atoms with van der Waals surface area (Å²) in [6.07, 6.45) is 0. The maximum absolute atomic E-state index is 12.4. The third-order valence-corrected chi connectivity index (χ3v) is 4.27. The Bertz CT molecular complexity index is 1030. The van der Waals surface area contributed by atoms with Gasteiger partial charge < -0.3 is 9.73 Å². The third-order valence-electron chi connectivity index (χ3n) is 4.02. The first-order chi connectivity index (χ1) is 11.7. The molecule has 1 N–H and O–H groups in total. The summed E-state index contributed by atoms with van der Waals surface area (Å²) in [7, 11) is 0. The van der Waals surface area contributed by atoms with E-state index in [4.69, 9.17) is 16.0 Å². The van der Waals surface area contributed by atoms with Crippen molar-refractivity contribution in [3.05, 3.63) is 83.1 Å². The van der Waals surface area contributed by atoms with E-state index < -0.39 is 0 Å². The number of hydrogen-bond donors (Lipinski definition) is 1. The van der Waals surface area contributed by atoms with E-state index in [1.807, 2.05) is 48.5 Å². The Kier molecular flexibility index (Phi) is 3.71. The Hall–Kier alpha value is -2.78. The summed E-state index contributed by atoms with van der Waals surface area (Å²) in [6, 6.07) is 21.1. The Morgan fingerprint density at radius 1 is 0.958 bits per heavy atom. The maximum atomic E-state index is 12.4. The van der Waals surface area contributed by atoms with Crippen LogP contribution in [0.5, 0.6) is 0 Å². The van der Waals surface area contributed by atoms with Crippen molar-refractivity contribution >= 4 is 39.2 Å². The maximum Gasteiger partial charge on any atom is 0.287 e. The van der Waals surface area contributed by atoms with Crippen molar-refractivity contribution < 1.29 is 9.21 Å². The molecule has 0 aliphatic rings. The number of furan rings is 1. The van der Waals surface area contributed by atoms with Gasteiger partial charge in [-0.25, -0.2) is 0 Å². The highest BCUT2D eigenvalue weighted by Crippen LogP contribution is 2.28. The topological polar surface area (TPSA) is 42.2 Å². The van der Waals surface area contributed by atoms with Crippen LogP contribution in [-0.4, -0.2) is 5.91 Å². The van der Waals surface area contributed by atoms with Crippen LogP contribution in [-0.2, 0) is 6.54 Å². The summed E-state index contributed by atoms with van der Waals surface area (Å²) in [4.78, 5) is 12.4. The molecule has 0 spiro atoms. The average Bonchev–Trinajstić information content (AvgIpc) is 3.06. The molecule has 0 fully saturated rings. The van der Waals surface area contributed by atoms with Gasteiger partial charge in [0, 0.05) is 17.0 Å². The predicted molar refractivity (Wildman–Crippen MR) is 96.3 cm³/mol. The molecule has 0 radical (unpaired) electrons.